The maximum absolute atomic E-state index is 13.0. The van der Waals surface area contributed by atoms with Crippen LogP contribution in [-0.2, 0) is 11.3 Å². The standard InChI is InChI=1S/C19H19BrFNO2/c20-16-7-3-14(4-8-16)13-24-18-2-1-11-22(12-18)19(23)15-5-9-17(21)10-6-15/h3-10,18H,1-2,11-13H2. The Morgan fingerprint density at radius 1 is 1.17 bits per heavy atom. The van der Waals surface area contributed by atoms with Crippen molar-refractivity contribution in [1.29, 1.82) is 0 Å². The van der Waals surface area contributed by atoms with Gasteiger partial charge in [-0.1, -0.05) is 28.1 Å². The summed E-state index contributed by atoms with van der Waals surface area (Å²) in [4.78, 5) is 14.3. The summed E-state index contributed by atoms with van der Waals surface area (Å²) < 4.78 is 20.0. The molecule has 0 radical (unpaired) electrons. The second-order valence-electron chi connectivity index (χ2n) is 5.96. The Balaban J connectivity index is 1.56. The highest BCUT2D eigenvalue weighted by molar-refractivity contribution is 9.10. The minimum Gasteiger partial charge on any atom is -0.372 e. The lowest BCUT2D eigenvalue weighted by Crippen LogP contribution is -2.43. The van der Waals surface area contributed by atoms with Crippen LogP contribution in [0.25, 0.3) is 0 Å². The molecule has 1 fully saturated rings. The second kappa shape index (κ2) is 7.90. The molecule has 1 aliphatic rings. The van der Waals surface area contributed by atoms with Crippen LogP contribution in [0.4, 0.5) is 4.39 Å². The van der Waals surface area contributed by atoms with Gasteiger partial charge in [-0.05, 0) is 54.8 Å². The summed E-state index contributed by atoms with van der Waals surface area (Å²) >= 11 is 3.42. The van der Waals surface area contributed by atoms with Crippen molar-refractivity contribution in [2.24, 2.45) is 0 Å². The molecule has 24 heavy (non-hydrogen) atoms. The Labute approximate surface area is 149 Å². The largest absolute Gasteiger partial charge is 0.372 e. The average molecular weight is 392 g/mol. The summed E-state index contributed by atoms with van der Waals surface area (Å²) in [7, 11) is 0. The van der Waals surface area contributed by atoms with Crippen molar-refractivity contribution in [3.63, 3.8) is 0 Å². The molecule has 2 aromatic carbocycles. The lowest BCUT2D eigenvalue weighted by atomic mass is 10.1. The summed E-state index contributed by atoms with van der Waals surface area (Å²) in [6.07, 6.45) is 1.90. The zero-order valence-corrected chi connectivity index (χ0v) is 14.8. The summed E-state index contributed by atoms with van der Waals surface area (Å²) in [5.74, 6) is -0.396. The van der Waals surface area contributed by atoms with Crippen LogP contribution in [0, 0.1) is 5.82 Å². The number of carbonyl (C=O) groups excluding carboxylic acids is 1. The molecule has 0 saturated carbocycles. The van der Waals surface area contributed by atoms with Crippen LogP contribution in [0.1, 0.15) is 28.8 Å². The Bertz CT molecular complexity index is 688. The molecule has 1 unspecified atom stereocenters. The van der Waals surface area contributed by atoms with Gasteiger partial charge >= 0.3 is 0 Å². The number of amides is 1. The van der Waals surface area contributed by atoms with Gasteiger partial charge in [0.1, 0.15) is 5.82 Å². The third-order valence-corrected chi connectivity index (χ3v) is 4.68. The first-order chi connectivity index (χ1) is 11.6. The molecular formula is C19H19BrFNO2. The quantitative estimate of drug-likeness (QED) is 0.772. The molecule has 126 valence electrons. The Kier molecular flexibility index (Phi) is 5.63. The molecule has 0 bridgehead atoms. The molecule has 3 nitrogen and oxygen atoms in total. The number of ether oxygens (including phenoxy) is 1. The van der Waals surface area contributed by atoms with Gasteiger partial charge in [-0.15, -0.1) is 0 Å². The van der Waals surface area contributed by atoms with E-state index < -0.39 is 0 Å². The topological polar surface area (TPSA) is 29.5 Å². The van der Waals surface area contributed by atoms with E-state index in [-0.39, 0.29) is 17.8 Å². The molecule has 0 spiro atoms. The van der Waals surface area contributed by atoms with Crippen molar-refractivity contribution in [1.82, 2.24) is 4.90 Å². The van der Waals surface area contributed by atoms with Gasteiger partial charge in [0.25, 0.3) is 5.91 Å². The smallest absolute Gasteiger partial charge is 0.253 e. The average Bonchev–Trinajstić information content (AvgIpc) is 2.61. The van der Waals surface area contributed by atoms with Gasteiger partial charge < -0.3 is 9.64 Å². The highest BCUT2D eigenvalue weighted by Crippen LogP contribution is 2.18. The first-order valence-corrected chi connectivity index (χ1v) is 8.82. The van der Waals surface area contributed by atoms with Gasteiger partial charge in [-0.2, -0.15) is 0 Å². The predicted molar refractivity (Wildman–Crippen MR) is 94.3 cm³/mol. The van der Waals surface area contributed by atoms with Gasteiger partial charge in [-0.3, -0.25) is 4.79 Å². The van der Waals surface area contributed by atoms with E-state index >= 15 is 0 Å². The number of carbonyl (C=O) groups is 1. The molecule has 1 saturated heterocycles. The number of hydrogen-bond donors (Lipinski definition) is 0. The Hall–Kier alpha value is -1.72. The molecule has 5 heteroatoms. The zero-order valence-electron chi connectivity index (χ0n) is 13.3. The van der Waals surface area contributed by atoms with Crippen LogP contribution in [0.3, 0.4) is 0 Å². The fourth-order valence-electron chi connectivity index (χ4n) is 2.83. The molecule has 2 aromatic rings. The normalized spacial score (nSPS) is 17.8. The number of piperidine rings is 1. The molecule has 1 atom stereocenters. The third kappa shape index (κ3) is 4.42. The molecule has 1 aliphatic heterocycles. The number of likely N-dealkylation sites (tertiary alicyclic amines) is 1. The fourth-order valence-corrected chi connectivity index (χ4v) is 3.09. The van der Waals surface area contributed by atoms with Crippen LogP contribution in [0.2, 0.25) is 0 Å². The van der Waals surface area contributed by atoms with E-state index in [4.69, 9.17) is 4.74 Å². The number of nitrogens with zero attached hydrogens (tertiary/aromatic N) is 1. The van der Waals surface area contributed by atoms with Gasteiger partial charge in [0.05, 0.1) is 12.7 Å². The molecule has 1 amide bonds. The minimum atomic E-state index is -0.332. The number of hydrogen-bond acceptors (Lipinski definition) is 2. The van der Waals surface area contributed by atoms with E-state index in [1.165, 1.54) is 24.3 Å². The monoisotopic (exact) mass is 391 g/mol. The van der Waals surface area contributed by atoms with Crippen LogP contribution >= 0.6 is 15.9 Å². The van der Waals surface area contributed by atoms with Crippen LogP contribution in [0.5, 0.6) is 0 Å². The number of benzene rings is 2. The van der Waals surface area contributed by atoms with Crippen molar-refractivity contribution in [2.45, 2.75) is 25.6 Å². The highest BCUT2D eigenvalue weighted by Gasteiger charge is 2.25. The molecule has 0 aliphatic carbocycles. The summed E-state index contributed by atoms with van der Waals surface area (Å²) in [6.45, 7) is 1.83. The van der Waals surface area contributed by atoms with Crippen LogP contribution in [-0.4, -0.2) is 30.0 Å². The van der Waals surface area contributed by atoms with Crippen LogP contribution < -0.4 is 0 Å². The first-order valence-electron chi connectivity index (χ1n) is 8.03. The van der Waals surface area contributed by atoms with Gasteiger partial charge in [0, 0.05) is 23.1 Å². The third-order valence-electron chi connectivity index (χ3n) is 4.16. The lowest BCUT2D eigenvalue weighted by Gasteiger charge is -2.32. The SMILES string of the molecule is O=C(c1ccc(F)cc1)N1CCCC(OCc2ccc(Br)cc2)C1. The van der Waals surface area contributed by atoms with Crippen molar-refractivity contribution in [3.8, 4) is 0 Å². The Morgan fingerprint density at radius 2 is 1.88 bits per heavy atom. The highest BCUT2D eigenvalue weighted by atomic mass is 79.9. The lowest BCUT2D eigenvalue weighted by molar-refractivity contribution is -0.00673. The first kappa shape index (κ1) is 17.1. The van der Waals surface area contributed by atoms with E-state index in [1.54, 1.807) is 4.90 Å². The summed E-state index contributed by atoms with van der Waals surface area (Å²) in [6, 6.07) is 13.7. The molecule has 0 aromatic heterocycles. The van der Waals surface area contributed by atoms with Crippen molar-refractivity contribution in [3.05, 3.63) is 69.9 Å². The minimum absolute atomic E-state index is 0.0341. The molecule has 0 N–H and O–H groups in total. The second-order valence-corrected chi connectivity index (χ2v) is 6.88. The molecular weight excluding hydrogens is 373 g/mol. The van der Waals surface area contributed by atoms with Gasteiger partial charge in [0.15, 0.2) is 0 Å². The summed E-state index contributed by atoms with van der Waals surface area (Å²) in [5.41, 5.74) is 1.63. The maximum atomic E-state index is 13.0. The zero-order chi connectivity index (χ0) is 16.9. The Morgan fingerprint density at radius 3 is 2.58 bits per heavy atom. The van der Waals surface area contributed by atoms with Gasteiger partial charge in [-0.25, -0.2) is 4.39 Å². The summed E-state index contributed by atoms with van der Waals surface area (Å²) in [5, 5.41) is 0. The molecule has 3 rings (SSSR count). The maximum Gasteiger partial charge on any atom is 0.253 e. The number of rotatable bonds is 4. The van der Waals surface area contributed by atoms with E-state index in [9.17, 15) is 9.18 Å². The number of halogens is 2. The molecule has 1 heterocycles. The fraction of sp³-hybridized carbons (Fsp3) is 0.316. The van der Waals surface area contributed by atoms with E-state index in [0.717, 1.165) is 22.9 Å². The van der Waals surface area contributed by atoms with Gasteiger partial charge in [0.2, 0.25) is 0 Å². The van der Waals surface area contributed by atoms with Crippen molar-refractivity contribution < 1.29 is 13.9 Å². The van der Waals surface area contributed by atoms with E-state index in [0.29, 0.717) is 25.3 Å². The van der Waals surface area contributed by atoms with E-state index in [2.05, 4.69) is 15.9 Å². The van der Waals surface area contributed by atoms with Crippen molar-refractivity contribution in [2.75, 3.05) is 13.1 Å². The predicted octanol–water partition coefficient (Wildman–Crippen LogP) is 4.41. The van der Waals surface area contributed by atoms with Crippen LogP contribution in [0.15, 0.2) is 53.0 Å². The van der Waals surface area contributed by atoms with Crippen molar-refractivity contribution >= 4 is 21.8 Å². The van der Waals surface area contributed by atoms with E-state index in [1.807, 2.05) is 24.3 Å².